The predicted molar refractivity (Wildman–Crippen MR) is 108 cm³/mol. The second-order valence-electron chi connectivity index (χ2n) is 7.38. The highest BCUT2D eigenvalue weighted by Gasteiger charge is 2.31. The molecule has 2 aromatic carbocycles. The molecule has 0 aliphatic carbocycles. The largest absolute Gasteiger partial charge is 0.337 e. The molecular weight excluding hydrogens is 374 g/mol. The van der Waals surface area contributed by atoms with Gasteiger partial charge < -0.3 is 9.80 Å². The summed E-state index contributed by atoms with van der Waals surface area (Å²) in [6, 6.07) is 16.7. The highest BCUT2D eigenvalue weighted by atomic mass is 32.2. The van der Waals surface area contributed by atoms with E-state index in [0.717, 1.165) is 10.5 Å². The van der Waals surface area contributed by atoms with Crippen LogP contribution in [0.2, 0.25) is 0 Å². The topological polar surface area (TPSA) is 62.1 Å². The Hall–Kier alpha value is -2.22. The number of hydrogen-bond acceptors (Lipinski definition) is 3. The van der Waals surface area contributed by atoms with Gasteiger partial charge in [-0.15, -0.1) is 0 Å². The third-order valence-electron chi connectivity index (χ3n) is 5.18. The monoisotopic (exact) mass is 402 g/mol. The molecule has 0 atom stereocenters. The number of sulfonamides is 1. The van der Waals surface area contributed by atoms with E-state index in [-0.39, 0.29) is 5.91 Å². The van der Waals surface area contributed by atoms with Crippen LogP contribution in [0, 0.1) is 6.92 Å². The number of rotatable bonds is 6. The lowest BCUT2D eigenvalue weighted by atomic mass is 10.1. The van der Waals surface area contributed by atoms with Crippen molar-refractivity contribution in [2.75, 3.05) is 39.8 Å². The first-order chi connectivity index (χ1) is 13.4. The van der Waals surface area contributed by atoms with E-state index in [2.05, 4.69) is 0 Å². The van der Waals surface area contributed by atoms with Crippen molar-refractivity contribution in [2.24, 2.45) is 0 Å². The quantitative estimate of drug-likeness (QED) is 0.767. The van der Waals surface area contributed by atoms with E-state index < -0.39 is 10.0 Å². The summed E-state index contributed by atoms with van der Waals surface area (Å²) in [7, 11) is -1.63. The molecule has 1 N–H and O–H groups in total. The van der Waals surface area contributed by atoms with Crippen LogP contribution >= 0.6 is 0 Å². The van der Waals surface area contributed by atoms with Crippen LogP contribution in [-0.2, 0) is 21.4 Å². The molecule has 0 saturated carbocycles. The zero-order valence-electron chi connectivity index (χ0n) is 16.5. The number of carbonyl (C=O) groups excluding carboxylic acids is 1. The van der Waals surface area contributed by atoms with Crippen LogP contribution < -0.4 is 4.90 Å². The molecular formula is C21H28N3O3S+. The zero-order valence-corrected chi connectivity index (χ0v) is 17.3. The Bertz CT molecular complexity index is 890. The maximum Gasteiger partial charge on any atom is 0.277 e. The van der Waals surface area contributed by atoms with Crippen LogP contribution in [0.15, 0.2) is 59.5 Å². The Morgan fingerprint density at radius 2 is 1.64 bits per heavy atom. The summed E-state index contributed by atoms with van der Waals surface area (Å²) in [4.78, 5) is 15.7. The average Bonchev–Trinajstić information content (AvgIpc) is 2.70. The molecule has 1 aliphatic rings. The molecule has 150 valence electrons. The summed E-state index contributed by atoms with van der Waals surface area (Å²) in [5, 5.41) is 0. The molecule has 2 aromatic rings. The van der Waals surface area contributed by atoms with Crippen molar-refractivity contribution in [1.29, 1.82) is 0 Å². The van der Waals surface area contributed by atoms with Gasteiger partial charge in [0.25, 0.3) is 5.91 Å². The number of quaternary nitrogens is 1. The molecule has 0 spiro atoms. The molecule has 1 saturated heterocycles. The third-order valence-corrected chi connectivity index (χ3v) is 7.09. The fourth-order valence-corrected chi connectivity index (χ4v) is 4.83. The van der Waals surface area contributed by atoms with Crippen molar-refractivity contribution in [2.45, 2.75) is 18.4 Å². The lowest BCUT2D eigenvalue weighted by Gasteiger charge is -2.32. The van der Waals surface area contributed by atoms with Crippen molar-refractivity contribution < 1.29 is 18.1 Å². The standard InChI is InChI=1S/C21H27N3O3S/c1-18-8-10-19(11-9-18)16-22(2)21(25)17-23-12-14-24(15-13-23)28(26,27)20-6-4-3-5-7-20/h3-11H,12-17H2,1-2H3/p+1. The summed E-state index contributed by atoms with van der Waals surface area (Å²) in [5.41, 5.74) is 2.31. The van der Waals surface area contributed by atoms with Gasteiger partial charge in [-0.1, -0.05) is 48.0 Å². The summed E-state index contributed by atoms with van der Waals surface area (Å²) in [5.74, 6) is 0.0786. The van der Waals surface area contributed by atoms with Crippen molar-refractivity contribution in [3.8, 4) is 0 Å². The fraction of sp³-hybridized carbons (Fsp3) is 0.381. The minimum Gasteiger partial charge on any atom is -0.337 e. The van der Waals surface area contributed by atoms with Crippen LogP contribution in [0.3, 0.4) is 0 Å². The van der Waals surface area contributed by atoms with Crippen LogP contribution in [0.25, 0.3) is 0 Å². The Labute approximate surface area is 167 Å². The molecule has 3 rings (SSSR count). The zero-order chi connectivity index (χ0) is 20.1. The number of aryl methyl sites for hydroxylation is 1. The highest BCUT2D eigenvalue weighted by Crippen LogP contribution is 2.14. The van der Waals surface area contributed by atoms with E-state index in [9.17, 15) is 13.2 Å². The average molecular weight is 403 g/mol. The summed E-state index contributed by atoms with van der Waals surface area (Å²) in [6.07, 6.45) is 0. The minimum absolute atomic E-state index is 0.0786. The lowest BCUT2D eigenvalue weighted by molar-refractivity contribution is -0.896. The molecule has 28 heavy (non-hydrogen) atoms. The van der Waals surface area contributed by atoms with Crippen molar-refractivity contribution >= 4 is 15.9 Å². The van der Waals surface area contributed by atoms with Crippen LogP contribution in [0.5, 0.6) is 0 Å². The van der Waals surface area contributed by atoms with E-state index in [1.54, 1.807) is 35.2 Å². The molecule has 1 heterocycles. The Balaban J connectivity index is 1.51. The number of nitrogens with zero attached hydrogens (tertiary/aromatic N) is 2. The van der Waals surface area contributed by atoms with E-state index in [4.69, 9.17) is 0 Å². The fourth-order valence-electron chi connectivity index (χ4n) is 3.37. The Morgan fingerprint density at radius 1 is 1.04 bits per heavy atom. The number of likely N-dealkylation sites (N-methyl/N-ethyl adjacent to an activating group) is 1. The Morgan fingerprint density at radius 3 is 2.25 bits per heavy atom. The molecule has 0 unspecified atom stereocenters. The van der Waals surface area contributed by atoms with Gasteiger partial charge in [0.2, 0.25) is 10.0 Å². The van der Waals surface area contributed by atoms with Crippen LogP contribution in [0.4, 0.5) is 0 Å². The first-order valence-corrected chi connectivity index (χ1v) is 11.0. The van der Waals surface area contributed by atoms with E-state index >= 15 is 0 Å². The van der Waals surface area contributed by atoms with Gasteiger partial charge in [0.05, 0.1) is 31.1 Å². The van der Waals surface area contributed by atoms with E-state index in [0.29, 0.717) is 44.2 Å². The lowest BCUT2D eigenvalue weighted by Crippen LogP contribution is -3.15. The SMILES string of the molecule is Cc1ccc(CN(C)C(=O)C[NH+]2CCN(S(=O)(=O)c3ccccc3)CC2)cc1. The summed E-state index contributed by atoms with van der Waals surface area (Å²) in [6.45, 7) is 5.15. The van der Waals surface area contributed by atoms with E-state index in [1.807, 2.05) is 38.2 Å². The number of nitrogens with one attached hydrogen (secondary N) is 1. The normalized spacial score (nSPS) is 16.1. The third kappa shape index (κ3) is 4.98. The van der Waals surface area contributed by atoms with Gasteiger partial charge in [0.15, 0.2) is 6.54 Å². The van der Waals surface area contributed by atoms with E-state index in [1.165, 1.54) is 9.87 Å². The van der Waals surface area contributed by atoms with Gasteiger partial charge >= 0.3 is 0 Å². The molecule has 1 fully saturated rings. The second-order valence-corrected chi connectivity index (χ2v) is 9.32. The number of amides is 1. The smallest absolute Gasteiger partial charge is 0.277 e. The highest BCUT2D eigenvalue weighted by molar-refractivity contribution is 7.89. The molecule has 0 aromatic heterocycles. The summed E-state index contributed by atoms with van der Waals surface area (Å²) < 4.78 is 26.9. The van der Waals surface area contributed by atoms with Crippen molar-refractivity contribution in [1.82, 2.24) is 9.21 Å². The molecule has 0 bridgehead atoms. The van der Waals surface area contributed by atoms with Gasteiger partial charge in [-0.25, -0.2) is 8.42 Å². The number of hydrogen-bond donors (Lipinski definition) is 1. The van der Waals surface area contributed by atoms with Crippen LogP contribution in [-0.4, -0.2) is 63.3 Å². The molecule has 1 amide bonds. The molecule has 1 aliphatic heterocycles. The van der Waals surface area contributed by atoms with Gasteiger partial charge in [0.1, 0.15) is 0 Å². The maximum atomic E-state index is 12.7. The minimum atomic E-state index is -3.45. The molecule has 6 nitrogen and oxygen atoms in total. The van der Waals surface area contributed by atoms with Gasteiger partial charge in [0, 0.05) is 13.6 Å². The molecule has 0 radical (unpaired) electrons. The maximum absolute atomic E-state index is 12.7. The predicted octanol–water partition coefficient (Wildman–Crippen LogP) is 0.543. The van der Waals surface area contributed by atoms with Gasteiger partial charge in [-0.3, -0.25) is 4.79 Å². The Kier molecular flexibility index (Phi) is 6.49. The van der Waals surface area contributed by atoms with Crippen LogP contribution in [0.1, 0.15) is 11.1 Å². The second kappa shape index (κ2) is 8.86. The number of piperazine rings is 1. The summed E-state index contributed by atoms with van der Waals surface area (Å²) >= 11 is 0. The number of benzene rings is 2. The van der Waals surface area contributed by atoms with Crippen molar-refractivity contribution in [3.05, 3.63) is 65.7 Å². The molecule has 7 heteroatoms. The number of carbonyl (C=O) groups is 1. The van der Waals surface area contributed by atoms with Crippen molar-refractivity contribution in [3.63, 3.8) is 0 Å². The first-order valence-electron chi connectivity index (χ1n) is 9.54. The van der Waals surface area contributed by atoms with Gasteiger partial charge in [-0.2, -0.15) is 4.31 Å². The van der Waals surface area contributed by atoms with Gasteiger partial charge in [-0.05, 0) is 24.6 Å². The first kappa shape index (κ1) is 20.5.